The van der Waals surface area contributed by atoms with E-state index in [1.54, 1.807) is 29.8 Å². The third kappa shape index (κ3) is 3.85. The maximum Gasteiger partial charge on any atom is 0.295 e. The van der Waals surface area contributed by atoms with Crippen LogP contribution in [-0.2, 0) is 11.3 Å². The number of hydrogen-bond acceptors (Lipinski definition) is 4. The van der Waals surface area contributed by atoms with E-state index in [1.165, 1.54) is 10.8 Å². The van der Waals surface area contributed by atoms with E-state index in [0.29, 0.717) is 22.9 Å². The summed E-state index contributed by atoms with van der Waals surface area (Å²) in [5, 5.41) is 3.31. The van der Waals surface area contributed by atoms with Crippen molar-refractivity contribution in [2.45, 2.75) is 19.5 Å². The number of halogens is 1. The van der Waals surface area contributed by atoms with Crippen molar-refractivity contribution < 1.29 is 9.53 Å². The van der Waals surface area contributed by atoms with Crippen LogP contribution in [0, 0.1) is 0 Å². The van der Waals surface area contributed by atoms with Crippen LogP contribution in [0.25, 0.3) is 16.9 Å². The standard InChI is InChI=1S/C20H21ClN4O3/c1-4-9-25-17(14-7-5-6-8-15(14)21)11-24-10-16(23-18(24)20(25)27)19(26)22-13(2)12-28-3/h4-8,10-11,13H,1,9,12H2,2-3H3,(H,22,26). The van der Waals surface area contributed by atoms with Crippen molar-refractivity contribution in [2.75, 3.05) is 13.7 Å². The van der Waals surface area contributed by atoms with Crippen LogP contribution in [0.3, 0.4) is 0 Å². The second-order valence-corrected chi connectivity index (χ2v) is 6.79. The molecular formula is C20H21ClN4O3. The van der Waals surface area contributed by atoms with E-state index >= 15 is 0 Å². The topological polar surface area (TPSA) is 77.6 Å². The SMILES string of the molecule is C=CCn1c(-c2ccccc2Cl)cn2cc(C(=O)NC(C)COC)nc2c1=O. The van der Waals surface area contributed by atoms with Crippen LogP contribution in [0.4, 0.5) is 0 Å². The molecule has 0 radical (unpaired) electrons. The summed E-state index contributed by atoms with van der Waals surface area (Å²) in [7, 11) is 1.56. The van der Waals surface area contributed by atoms with Gasteiger partial charge in [-0.15, -0.1) is 6.58 Å². The predicted molar refractivity (Wildman–Crippen MR) is 109 cm³/mol. The third-order valence-electron chi connectivity index (χ3n) is 4.21. The smallest absolute Gasteiger partial charge is 0.295 e. The molecule has 0 spiro atoms. The molecule has 146 valence electrons. The van der Waals surface area contributed by atoms with Gasteiger partial charge in [0.05, 0.1) is 12.3 Å². The van der Waals surface area contributed by atoms with Gasteiger partial charge < -0.3 is 10.1 Å². The Morgan fingerprint density at radius 2 is 2.14 bits per heavy atom. The van der Waals surface area contributed by atoms with Crippen molar-refractivity contribution in [3.63, 3.8) is 0 Å². The van der Waals surface area contributed by atoms with Crippen molar-refractivity contribution in [3.8, 4) is 11.3 Å². The van der Waals surface area contributed by atoms with E-state index < -0.39 is 0 Å². The summed E-state index contributed by atoms with van der Waals surface area (Å²) >= 11 is 6.34. The van der Waals surface area contributed by atoms with Gasteiger partial charge >= 0.3 is 0 Å². The molecule has 0 saturated heterocycles. The fourth-order valence-electron chi connectivity index (χ4n) is 2.97. The Bertz CT molecular complexity index is 1090. The lowest BCUT2D eigenvalue weighted by Crippen LogP contribution is -2.35. The summed E-state index contributed by atoms with van der Waals surface area (Å²) in [6, 6.07) is 7.07. The second-order valence-electron chi connectivity index (χ2n) is 6.39. The molecule has 0 aliphatic carbocycles. The molecule has 0 fully saturated rings. The average molecular weight is 401 g/mol. The molecule has 1 amide bonds. The molecule has 0 aliphatic rings. The molecular weight excluding hydrogens is 380 g/mol. The molecule has 3 aromatic rings. The first-order valence-corrected chi connectivity index (χ1v) is 9.12. The molecule has 1 atom stereocenters. The minimum absolute atomic E-state index is 0.154. The van der Waals surface area contributed by atoms with E-state index in [-0.39, 0.29) is 35.4 Å². The lowest BCUT2D eigenvalue weighted by Gasteiger charge is -2.13. The molecule has 2 heterocycles. The molecule has 0 bridgehead atoms. The molecule has 8 heteroatoms. The van der Waals surface area contributed by atoms with Gasteiger partial charge in [0.2, 0.25) is 5.65 Å². The van der Waals surface area contributed by atoms with Crippen molar-refractivity contribution >= 4 is 23.2 Å². The van der Waals surface area contributed by atoms with Gasteiger partial charge in [-0.2, -0.15) is 0 Å². The number of benzene rings is 1. The van der Waals surface area contributed by atoms with E-state index in [4.69, 9.17) is 16.3 Å². The Morgan fingerprint density at radius 1 is 1.39 bits per heavy atom. The highest BCUT2D eigenvalue weighted by Crippen LogP contribution is 2.27. The van der Waals surface area contributed by atoms with Crippen LogP contribution >= 0.6 is 11.6 Å². The quantitative estimate of drug-likeness (QED) is 0.618. The number of allylic oxidation sites excluding steroid dienone is 1. The number of hydrogen-bond donors (Lipinski definition) is 1. The normalized spacial score (nSPS) is 12.1. The highest BCUT2D eigenvalue weighted by Gasteiger charge is 2.18. The van der Waals surface area contributed by atoms with Crippen LogP contribution in [-0.4, -0.2) is 39.6 Å². The third-order valence-corrected chi connectivity index (χ3v) is 4.54. The van der Waals surface area contributed by atoms with E-state index in [1.807, 2.05) is 25.1 Å². The van der Waals surface area contributed by atoms with Crippen molar-refractivity contribution in [1.29, 1.82) is 0 Å². The monoisotopic (exact) mass is 400 g/mol. The summed E-state index contributed by atoms with van der Waals surface area (Å²) in [6.07, 6.45) is 4.90. The lowest BCUT2D eigenvalue weighted by molar-refractivity contribution is 0.0901. The zero-order valence-corrected chi connectivity index (χ0v) is 16.4. The zero-order valence-electron chi connectivity index (χ0n) is 15.7. The first-order chi connectivity index (χ1) is 13.5. The number of rotatable bonds is 7. The maximum atomic E-state index is 13.0. The molecule has 28 heavy (non-hydrogen) atoms. The van der Waals surface area contributed by atoms with Crippen LogP contribution in [0.15, 0.2) is 54.1 Å². The van der Waals surface area contributed by atoms with Crippen LogP contribution < -0.4 is 10.9 Å². The summed E-state index contributed by atoms with van der Waals surface area (Å²) in [5.74, 6) is -0.373. The lowest BCUT2D eigenvalue weighted by atomic mass is 10.1. The number of nitrogens with one attached hydrogen (secondary N) is 1. The first-order valence-electron chi connectivity index (χ1n) is 8.74. The molecule has 1 unspecified atom stereocenters. The molecule has 1 N–H and O–H groups in total. The number of ether oxygens (including phenoxy) is 1. The van der Waals surface area contributed by atoms with Crippen molar-refractivity contribution in [3.05, 3.63) is 70.4 Å². The Morgan fingerprint density at radius 3 is 2.82 bits per heavy atom. The Labute approximate surface area is 167 Å². The Kier molecular flexibility index (Phi) is 5.96. The maximum absolute atomic E-state index is 13.0. The summed E-state index contributed by atoms with van der Waals surface area (Å²) in [4.78, 5) is 29.7. The van der Waals surface area contributed by atoms with Gasteiger partial charge in [-0.05, 0) is 13.0 Å². The average Bonchev–Trinajstić information content (AvgIpc) is 3.09. The number of nitrogens with zero attached hydrogens (tertiary/aromatic N) is 3. The van der Waals surface area contributed by atoms with Gasteiger partial charge in [0, 0.05) is 42.7 Å². The minimum Gasteiger partial charge on any atom is -0.383 e. The number of amides is 1. The molecule has 1 aromatic carbocycles. The Hall–Kier alpha value is -2.90. The molecule has 7 nitrogen and oxygen atoms in total. The summed E-state index contributed by atoms with van der Waals surface area (Å²) in [5.41, 5.74) is 1.29. The van der Waals surface area contributed by atoms with Gasteiger partial charge in [0.25, 0.3) is 11.5 Å². The Balaban J connectivity index is 2.12. The molecule has 2 aromatic heterocycles. The van der Waals surface area contributed by atoms with Crippen molar-refractivity contribution in [2.24, 2.45) is 0 Å². The van der Waals surface area contributed by atoms with E-state index in [9.17, 15) is 9.59 Å². The number of imidazole rings is 1. The van der Waals surface area contributed by atoms with Gasteiger partial charge in [-0.3, -0.25) is 18.6 Å². The minimum atomic E-state index is -0.373. The first kappa shape index (κ1) is 19.9. The number of methoxy groups -OCH3 is 1. The highest BCUT2D eigenvalue weighted by atomic mass is 35.5. The van der Waals surface area contributed by atoms with Gasteiger partial charge in [0.1, 0.15) is 5.69 Å². The largest absolute Gasteiger partial charge is 0.383 e. The number of fused-ring (bicyclic) bond motifs is 1. The van der Waals surface area contributed by atoms with Gasteiger partial charge in [0.15, 0.2) is 0 Å². The van der Waals surface area contributed by atoms with E-state index in [0.717, 1.165) is 0 Å². The second kappa shape index (κ2) is 8.41. The van der Waals surface area contributed by atoms with Gasteiger partial charge in [-0.25, -0.2) is 4.98 Å². The van der Waals surface area contributed by atoms with Crippen molar-refractivity contribution in [1.82, 2.24) is 19.3 Å². The predicted octanol–water partition coefficient (Wildman–Crippen LogP) is 2.77. The summed E-state index contributed by atoms with van der Waals surface area (Å²) in [6.45, 7) is 6.21. The molecule has 0 aliphatic heterocycles. The number of aromatic nitrogens is 3. The van der Waals surface area contributed by atoms with Gasteiger partial charge in [-0.1, -0.05) is 35.9 Å². The van der Waals surface area contributed by atoms with E-state index in [2.05, 4.69) is 16.9 Å². The fraction of sp³-hybridized carbons (Fsp3) is 0.250. The zero-order chi connectivity index (χ0) is 20.3. The van der Waals surface area contributed by atoms with Crippen LogP contribution in [0.1, 0.15) is 17.4 Å². The van der Waals surface area contributed by atoms with Crippen LogP contribution in [0.2, 0.25) is 5.02 Å². The molecule has 0 saturated carbocycles. The summed E-state index contributed by atoms with van der Waals surface area (Å²) < 4.78 is 8.11. The molecule has 3 rings (SSSR count). The number of carbonyl (C=O) groups is 1. The number of carbonyl (C=O) groups excluding carboxylic acids is 1. The highest BCUT2D eigenvalue weighted by molar-refractivity contribution is 6.33. The fourth-order valence-corrected chi connectivity index (χ4v) is 3.21. The van der Waals surface area contributed by atoms with Crippen LogP contribution in [0.5, 0.6) is 0 Å².